The number of nitrogens with zero attached hydrogens (tertiary/aromatic N) is 2. The van der Waals surface area contributed by atoms with Gasteiger partial charge in [-0.05, 0) is 35.4 Å². The number of hydrogen-bond donors (Lipinski definition) is 2. The Labute approximate surface area is 154 Å². The van der Waals surface area contributed by atoms with Gasteiger partial charge in [0.1, 0.15) is 5.75 Å². The number of halogens is 2. The largest absolute Gasteiger partial charge is 0.435 e. The number of alkyl halides is 2. The minimum absolute atomic E-state index is 0.0748. The highest BCUT2D eigenvalue weighted by molar-refractivity contribution is 5.90. The number of anilines is 1. The molecule has 0 aliphatic heterocycles. The van der Waals surface area contributed by atoms with E-state index in [1.807, 2.05) is 36.5 Å². The monoisotopic (exact) mass is 372 g/mol. The van der Waals surface area contributed by atoms with Gasteiger partial charge in [0.2, 0.25) is 0 Å². The molecule has 0 radical (unpaired) electrons. The maximum absolute atomic E-state index is 12.2. The van der Waals surface area contributed by atoms with E-state index in [1.54, 1.807) is 23.0 Å². The van der Waals surface area contributed by atoms with Crippen molar-refractivity contribution in [1.82, 2.24) is 15.1 Å². The second-order valence-corrected chi connectivity index (χ2v) is 5.69. The number of nitrogens with one attached hydrogen (secondary N) is 2. The molecule has 0 atom stereocenters. The fraction of sp³-hybridized carbons (Fsp3) is 0.158. The van der Waals surface area contributed by atoms with Crippen LogP contribution in [-0.2, 0) is 13.1 Å². The molecule has 0 saturated carbocycles. The SMILES string of the molecule is O=C(NCc1ccc(OC(F)F)cc1)Nc1ccccc1Cn1cccn1. The summed E-state index contributed by atoms with van der Waals surface area (Å²) in [5.74, 6) is 0.0748. The molecule has 2 N–H and O–H groups in total. The molecule has 0 bridgehead atoms. The Hall–Kier alpha value is -3.42. The number of hydrogen-bond acceptors (Lipinski definition) is 3. The standard InChI is InChI=1S/C19H18F2N4O2/c20-18(21)27-16-8-6-14(7-9-16)12-22-19(26)24-17-5-2-1-4-15(17)13-25-11-3-10-23-25/h1-11,18H,12-13H2,(H2,22,24,26). The van der Waals surface area contributed by atoms with Crippen molar-refractivity contribution in [1.29, 1.82) is 0 Å². The minimum atomic E-state index is -2.86. The van der Waals surface area contributed by atoms with Crippen LogP contribution in [0.3, 0.4) is 0 Å². The summed E-state index contributed by atoms with van der Waals surface area (Å²) in [5, 5.41) is 9.71. The lowest BCUT2D eigenvalue weighted by atomic mass is 10.2. The number of carbonyl (C=O) groups excluding carboxylic acids is 1. The summed E-state index contributed by atoms with van der Waals surface area (Å²) >= 11 is 0. The lowest BCUT2D eigenvalue weighted by molar-refractivity contribution is -0.0498. The first-order valence-corrected chi connectivity index (χ1v) is 8.24. The van der Waals surface area contributed by atoms with E-state index in [9.17, 15) is 13.6 Å². The normalized spacial score (nSPS) is 10.6. The Morgan fingerprint density at radius 2 is 1.89 bits per heavy atom. The highest BCUT2D eigenvalue weighted by atomic mass is 19.3. The van der Waals surface area contributed by atoms with Crippen LogP contribution < -0.4 is 15.4 Å². The van der Waals surface area contributed by atoms with Crippen LogP contribution in [0.25, 0.3) is 0 Å². The summed E-state index contributed by atoms with van der Waals surface area (Å²) in [5.41, 5.74) is 2.37. The van der Waals surface area contributed by atoms with E-state index < -0.39 is 6.61 Å². The van der Waals surface area contributed by atoms with Crippen molar-refractivity contribution in [3.63, 3.8) is 0 Å². The molecule has 1 heterocycles. The predicted molar refractivity (Wildman–Crippen MR) is 96.7 cm³/mol. The average molecular weight is 372 g/mol. The lowest BCUT2D eigenvalue weighted by Crippen LogP contribution is -2.28. The topological polar surface area (TPSA) is 68.2 Å². The number of benzene rings is 2. The van der Waals surface area contributed by atoms with E-state index in [0.717, 1.165) is 11.1 Å². The molecule has 2 amide bonds. The Bertz CT molecular complexity index is 868. The van der Waals surface area contributed by atoms with Gasteiger partial charge in [0.15, 0.2) is 0 Å². The molecule has 3 rings (SSSR count). The van der Waals surface area contributed by atoms with Gasteiger partial charge in [-0.25, -0.2) is 4.79 Å². The van der Waals surface area contributed by atoms with Gasteiger partial charge in [0.05, 0.1) is 6.54 Å². The molecule has 0 saturated heterocycles. The van der Waals surface area contributed by atoms with E-state index in [-0.39, 0.29) is 18.3 Å². The van der Waals surface area contributed by atoms with Gasteiger partial charge in [-0.3, -0.25) is 4.68 Å². The molecular formula is C19H18F2N4O2. The Kier molecular flexibility index (Phi) is 5.98. The summed E-state index contributed by atoms with van der Waals surface area (Å²) in [6.07, 6.45) is 3.54. The zero-order valence-corrected chi connectivity index (χ0v) is 14.3. The number of rotatable bonds is 7. The van der Waals surface area contributed by atoms with Crippen molar-refractivity contribution in [3.8, 4) is 5.75 Å². The molecular weight excluding hydrogens is 354 g/mol. The van der Waals surface area contributed by atoms with Crippen molar-refractivity contribution in [2.75, 3.05) is 5.32 Å². The van der Waals surface area contributed by atoms with Gasteiger partial charge in [-0.2, -0.15) is 13.9 Å². The Morgan fingerprint density at radius 1 is 1.11 bits per heavy atom. The third kappa shape index (κ3) is 5.53. The lowest BCUT2D eigenvalue weighted by Gasteiger charge is -2.12. The fourth-order valence-corrected chi connectivity index (χ4v) is 2.49. The first kappa shape index (κ1) is 18.4. The van der Waals surface area contributed by atoms with E-state index in [4.69, 9.17) is 0 Å². The highest BCUT2D eigenvalue weighted by Crippen LogP contribution is 2.17. The molecule has 140 valence electrons. The molecule has 2 aromatic carbocycles. The molecule has 8 heteroatoms. The van der Waals surface area contributed by atoms with E-state index in [2.05, 4.69) is 20.5 Å². The van der Waals surface area contributed by atoms with Crippen LogP contribution in [0, 0.1) is 0 Å². The number of ether oxygens (including phenoxy) is 1. The molecule has 6 nitrogen and oxygen atoms in total. The first-order chi connectivity index (χ1) is 13.1. The molecule has 0 aliphatic carbocycles. The first-order valence-electron chi connectivity index (χ1n) is 8.24. The van der Waals surface area contributed by atoms with Crippen LogP contribution in [-0.4, -0.2) is 22.4 Å². The third-order valence-corrected chi connectivity index (χ3v) is 3.76. The number of carbonyl (C=O) groups is 1. The molecule has 1 aromatic heterocycles. The molecule has 0 fully saturated rings. The maximum atomic E-state index is 12.2. The molecule has 0 spiro atoms. The minimum Gasteiger partial charge on any atom is -0.435 e. The zero-order chi connectivity index (χ0) is 19.1. The molecule has 3 aromatic rings. The van der Waals surface area contributed by atoms with Crippen LogP contribution >= 0.6 is 0 Å². The van der Waals surface area contributed by atoms with Crippen LogP contribution in [0.2, 0.25) is 0 Å². The van der Waals surface area contributed by atoms with Crippen molar-refractivity contribution in [3.05, 3.63) is 78.1 Å². The van der Waals surface area contributed by atoms with Crippen LogP contribution in [0.15, 0.2) is 67.0 Å². The van der Waals surface area contributed by atoms with Gasteiger partial charge in [0, 0.05) is 24.6 Å². The van der Waals surface area contributed by atoms with Crippen molar-refractivity contribution >= 4 is 11.7 Å². The smallest absolute Gasteiger partial charge is 0.387 e. The number of urea groups is 1. The summed E-state index contributed by atoms with van der Waals surface area (Å²) in [6, 6.07) is 15.0. The van der Waals surface area contributed by atoms with Crippen LogP contribution in [0.1, 0.15) is 11.1 Å². The molecule has 0 aliphatic rings. The van der Waals surface area contributed by atoms with Gasteiger partial charge in [0.25, 0.3) is 0 Å². The predicted octanol–water partition coefficient (Wildman–Crippen LogP) is 3.85. The summed E-state index contributed by atoms with van der Waals surface area (Å²) in [6.45, 7) is -2.07. The summed E-state index contributed by atoms with van der Waals surface area (Å²) in [4.78, 5) is 12.2. The third-order valence-electron chi connectivity index (χ3n) is 3.76. The van der Waals surface area contributed by atoms with Crippen LogP contribution in [0.4, 0.5) is 19.3 Å². The second-order valence-electron chi connectivity index (χ2n) is 5.69. The average Bonchev–Trinajstić information content (AvgIpc) is 3.15. The molecule has 27 heavy (non-hydrogen) atoms. The van der Waals surface area contributed by atoms with E-state index in [0.29, 0.717) is 12.2 Å². The van der Waals surface area contributed by atoms with Crippen molar-refractivity contribution in [2.24, 2.45) is 0 Å². The summed E-state index contributed by atoms with van der Waals surface area (Å²) in [7, 11) is 0. The van der Waals surface area contributed by atoms with E-state index in [1.165, 1.54) is 12.1 Å². The van der Waals surface area contributed by atoms with Crippen molar-refractivity contribution < 1.29 is 18.3 Å². The summed E-state index contributed by atoms with van der Waals surface area (Å²) < 4.78 is 30.3. The fourth-order valence-electron chi connectivity index (χ4n) is 2.49. The maximum Gasteiger partial charge on any atom is 0.387 e. The van der Waals surface area contributed by atoms with Gasteiger partial charge >= 0.3 is 12.6 Å². The van der Waals surface area contributed by atoms with E-state index >= 15 is 0 Å². The molecule has 0 unspecified atom stereocenters. The van der Waals surface area contributed by atoms with Gasteiger partial charge in [-0.1, -0.05) is 30.3 Å². The van der Waals surface area contributed by atoms with Gasteiger partial charge < -0.3 is 15.4 Å². The number of para-hydroxylation sites is 1. The highest BCUT2D eigenvalue weighted by Gasteiger charge is 2.08. The Balaban J connectivity index is 1.55. The second kappa shape index (κ2) is 8.79. The van der Waals surface area contributed by atoms with Crippen molar-refractivity contribution in [2.45, 2.75) is 19.7 Å². The number of amides is 2. The Morgan fingerprint density at radius 3 is 2.59 bits per heavy atom. The quantitative estimate of drug-likeness (QED) is 0.662. The van der Waals surface area contributed by atoms with Crippen LogP contribution in [0.5, 0.6) is 5.75 Å². The number of aromatic nitrogens is 2. The zero-order valence-electron chi connectivity index (χ0n) is 14.3. The van der Waals surface area contributed by atoms with Gasteiger partial charge in [-0.15, -0.1) is 0 Å².